The topological polar surface area (TPSA) is 69.6 Å². The van der Waals surface area contributed by atoms with Crippen LogP contribution in [0, 0.1) is 0 Å². The van der Waals surface area contributed by atoms with E-state index in [2.05, 4.69) is 19.2 Å². The highest BCUT2D eigenvalue weighted by Gasteiger charge is 2.18. The third-order valence-electron chi connectivity index (χ3n) is 11.5. The number of aliphatic hydroxyl groups excluding tert-OH is 2. The molecule has 0 aliphatic heterocycles. The lowest BCUT2D eigenvalue weighted by atomic mass is 10.0. The number of carbonyl (C=O) groups is 1. The molecule has 0 aromatic rings. The lowest BCUT2D eigenvalue weighted by Crippen LogP contribution is -2.45. The molecule has 0 rings (SSSR count). The Morgan fingerprint density at radius 2 is 0.698 bits per heavy atom. The molecule has 2 atom stereocenters. The molecule has 0 fully saturated rings. The van der Waals surface area contributed by atoms with E-state index < -0.39 is 12.1 Å². The van der Waals surface area contributed by atoms with Crippen molar-refractivity contribution >= 4 is 5.91 Å². The highest BCUT2D eigenvalue weighted by atomic mass is 16.3. The molecule has 4 nitrogen and oxygen atoms in total. The van der Waals surface area contributed by atoms with Gasteiger partial charge < -0.3 is 15.5 Å². The van der Waals surface area contributed by atoms with Crippen LogP contribution >= 0.6 is 0 Å². The average Bonchev–Trinajstić information content (AvgIpc) is 3.16. The minimum Gasteiger partial charge on any atom is -0.394 e. The molecule has 316 valence electrons. The maximum Gasteiger partial charge on any atom is 0.220 e. The quantitative estimate of drug-likeness (QED) is 0.0429. The average molecular weight is 748 g/mol. The van der Waals surface area contributed by atoms with E-state index in [1.807, 2.05) is 6.08 Å². The van der Waals surface area contributed by atoms with Gasteiger partial charge in [-0.2, -0.15) is 0 Å². The third kappa shape index (κ3) is 42.1. The first kappa shape index (κ1) is 52.1. The van der Waals surface area contributed by atoms with Crippen LogP contribution in [0.3, 0.4) is 0 Å². The molecule has 0 aliphatic carbocycles. The summed E-state index contributed by atoms with van der Waals surface area (Å²) in [6.45, 7) is 4.32. The second kappa shape index (κ2) is 45.5. The summed E-state index contributed by atoms with van der Waals surface area (Å²) in [5, 5.41) is 23.0. The Kier molecular flexibility index (Phi) is 44.8. The van der Waals surface area contributed by atoms with Gasteiger partial charge in [-0.05, 0) is 19.3 Å². The maximum absolute atomic E-state index is 12.4. The van der Waals surface area contributed by atoms with Crippen LogP contribution in [0.5, 0.6) is 0 Å². The Hall–Kier alpha value is -0.870. The monoisotopic (exact) mass is 748 g/mol. The van der Waals surface area contributed by atoms with Crippen molar-refractivity contribution in [1.82, 2.24) is 5.32 Å². The molecule has 0 aromatic heterocycles. The summed E-state index contributed by atoms with van der Waals surface area (Å²) in [6.07, 6.45) is 57.9. The molecule has 1 amide bonds. The Bertz CT molecular complexity index is 725. The Labute approximate surface area is 333 Å². The number of nitrogens with one attached hydrogen (secondary N) is 1. The Morgan fingerprint density at radius 3 is 0.981 bits per heavy atom. The summed E-state index contributed by atoms with van der Waals surface area (Å²) in [5.74, 6) is -0.0596. The highest BCUT2D eigenvalue weighted by Crippen LogP contribution is 2.17. The number of carbonyl (C=O) groups excluding carboxylic acids is 1. The van der Waals surface area contributed by atoms with E-state index >= 15 is 0 Å². The van der Waals surface area contributed by atoms with Gasteiger partial charge in [0.2, 0.25) is 5.91 Å². The Balaban J connectivity index is 3.39. The van der Waals surface area contributed by atoms with Gasteiger partial charge in [-0.15, -0.1) is 0 Å². The number of rotatable bonds is 45. The van der Waals surface area contributed by atoms with Crippen molar-refractivity contribution in [2.24, 2.45) is 0 Å². The highest BCUT2D eigenvalue weighted by molar-refractivity contribution is 5.76. The maximum atomic E-state index is 12.4. The predicted octanol–water partition coefficient (Wildman–Crippen LogP) is 15.4. The standard InChI is InChI=1S/C49H97NO3/c1-3-5-7-9-11-13-15-16-17-18-19-20-21-22-23-24-25-26-27-28-29-30-31-32-33-35-37-39-41-43-45-49(53)50-47(46-51)48(52)44-42-40-38-36-34-14-12-10-8-6-4-2/h42,44,47-48,51-52H,3-41,43,45-46H2,1-2H3,(H,50,53)/b44-42+. The second-order valence-corrected chi connectivity index (χ2v) is 16.9. The molecule has 4 heteroatoms. The lowest BCUT2D eigenvalue weighted by Gasteiger charge is -2.20. The summed E-state index contributed by atoms with van der Waals surface area (Å²) >= 11 is 0. The normalized spacial score (nSPS) is 12.9. The summed E-state index contributed by atoms with van der Waals surface area (Å²) in [4.78, 5) is 12.4. The van der Waals surface area contributed by atoms with Gasteiger partial charge in [0, 0.05) is 6.42 Å². The SMILES string of the molecule is CCCCCCCCCCC/C=C/C(O)C(CO)NC(=O)CCCCCCCCCCCCCCCCCCCCCCCCCCCCCCCC. The molecular formula is C49H97NO3. The van der Waals surface area contributed by atoms with E-state index in [4.69, 9.17) is 0 Å². The minimum atomic E-state index is -0.832. The van der Waals surface area contributed by atoms with Gasteiger partial charge >= 0.3 is 0 Å². The molecule has 0 saturated carbocycles. The number of aliphatic hydroxyl groups is 2. The van der Waals surface area contributed by atoms with Crippen LogP contribution in [0.15, 0.2) is 12.2 Å². The molecule has 2 unspecified atom stereocenters. The molecule has 3 N–H and O–H groups in total. The first-order valence-electron chi connectivity index (χ1n) is 24.4. The van der Waals surface area contributed by atoms with Crippen LogP contribution in [-0.4, -0.2) is 34.9 Å². The van der Waals surface area contributed by atoms with Crippen LogP contribution in [0.4, 0.5) is 0 Å². The molecule has 0 aromatic carbocycles. The number of allylic oxidation sites excluding steroid dienone is 1. The molecule has 0 saturated heterocycles. The second-order valence-electron chi connectivity index (χ2n) is 16.9. The first-order chi connectivity index (χ1) is 26.2. The number of amides is 1. The van der Waals surface area contributed by atoms with Gasteiger partial charge in [-0.1, -0.05) is 264 Å². The molecule has 0 heterocycles. The van der Waals surface area contributed by atoms with Gasteiger partial charge in [0.25, 0.3) is 0 Å². The summed E-state index contributed by atoms with van der Waals surface area (Å²) in [5.41, 5.74) is 0. The third-order valence-corrected chi connectivity index (χ3v) is 11.5. The van der Waals surface area contributed by atoms with E-state index in [9.17, 15) is 15.0 Å². The fourth-order valence-corrected chi connectivity index (χ4v) is 7.77. The Morgan fingerprint density at radius 1 is 0.434 bits per heavy atom. The van der Waals surface area contributed by atoms with Crippen LogP contribution in [0.1, 0.15) is 277 Å². The minimum absolute atomic E-state index is 0.0596. The molecule has 0 radical (unpaired) electrons. The van der Waals surface area contributed by atoms with Crippen molar-refractivity contribution in [3.8, 4) is 0 Å². The predicted molar refractivity (Wildman–Crippen MR) is 235 cm³/mol. The largest absolute Gasteiger partial charge is 0.394 e. The van der Waals surface area contributed by atoms with Crippen LogP contribution in [0.2, 0.25) is 0 Å². The van der Waals surface area contributed by atoms with Crippen molar-refractivity contribution in [2.45, 2.75) is 289 Å². The van der Waals surface area contributed by atoms with Gasteiger partial charge in [0.15, 0.2) is 0 Å². The molecule has 53 heavy (non-hydrogen) atoms. The lowest BCUT2D eigenvalue weighted by molar-refractivity contribution is -0.123. The number of hydrogen-bond acceptors (Lipinski definition) is 3. The number of hydrogen-bond donors (Lipinski definition) is 3. The van der Waals surface area contributed by atoms with Crippen LogP contribution < -0.4 is 5.32 Å². The van der Waals surface area contributed by atoms with Gasteiger partial charge in [0.1, 0.15) is 0 Å². The van der Waals surface area contributed by atoms with E-state index in [-0.39, 0.29) is 12.5 Å². The van der Waals surface area contributed by atoms with Crippen LogP contribution in [0.25, 0.3) is 0 Å². The van der Waals surface area contributed by atoms with E-state index in [1.54, 1.807) is 6.08 Å². The van der Waals surface area contributed by atoms with Gasteiger partial charge in [-0.3, -0.25) is 4.79 Å². The molecule has 0 spiro atoms. The van der Waals surface area contributed by atoms with Crippen molar-refractivity contribution in [2.75, 3.05) is 6.61 Å². The van der Waals surface area contributed by atoms with Gasteiger partial charge in [0.05, 0.1) is 18.8 Å². The summed E-state index contributed by atoms with van der Waals surface area (Å²) in [6, 6.07) is -0.615. The zero-order valence-electron chi connectivity index (χ0n) is 36.3. The molecule has 0 bridgehead atoms. The van der Waals surface area contributed by atoms with E-state index in [1.165, 1.54) is 231 Å². The van der Waals surface area contributed by atoms with Gasteiger partial charge in [-0.25, -0.2) is 0 Å². The fourth-order valence-electron chi connectivity index (χ4n) is 7.77. The zero-order valence-corrected chi connectivity index (χ0v) is 36.3. The van der Waals surface area contributed by atoms with E-state index in [0.29, 0.717) is 6.42 Å². The molecular weight excluding hydrogens is 651 g/mol. The van der Waals surface area contributed by atoms with Crippen LogP contribution in [-0.2, 0) is 4.79 Å². The van der Waals surface area contributed by atoms with Crippen molar-refractivity contribution in [3.05, 3.63) is 12.2 Å². The fraction of sp³-hybridized carbons (Fsp3) is 0.939. The zero-order chi connectivity index (χ0) is 38.6. The summed E-state index contributed by atoms with van der Waals surface area (Å²) < 4.78 is 0. The first-order valence-corrected chi connectivity index (χ1v) is 24.4. The van der Waals surface area contributed by atoms with Crippen molar-refractivity contribution in [3.63, 3.8) is 0 Å². The van der Waals surface area contributed by atoms with E-state index in [0.717, 1.165) is 25.7 Å². The number of unbranched alkanes of at least 4 members (excludes halogenated alkanes) is 38. The van der Waals surface area contributed by atoms with Crippen molar-refractivity contribution < 1.29 is 15.0 Å². The molecule has 0 aliphatic rings. The summed E-state index contributed by atoms with van der Waals surface area (Å²) in [7, 11) is 0. The smallest absolute Gasteiger partial charge is 0.220 e. The van der Waals surface area contributed by atoms with Crippen molar-refractivity contribution in [1.29, 1.82) is 0 Å².